The summed E-state index contributed by atoms with van der Waals surface area (Å²) in [7, 11) is 1.26. The summed E-state index contributed by atoms with van der Waals surface area (Å²) in [5.74, 6) is -1.02. The van der Waals surface area contributed by atoms with E-state index in [0.717, 1.165) is 0 Å². The lowest BCUT2D eigenvalue weighted by Gasteiger charge is -2.10. The molecule has 0 heterocycles. The number of guanidine groups is 2. The Labute approximate surface area is 136 Å². The number of halogens is 3. The van der Waals surface area contributed by atoms with Gasteiger partial charge in [-0.25, -0.2) is 9.79 Å². The summed E-state index contributed by atoms with van der Waals surface area (Å²) < 4.78 is 5.42. The highest BCUT2D eigenvalue weighted by molar-refractivity contribution is 9.11. The molecule has 0 amide bonds. The number of benzene rings is 1. The number of hydrogen-bond donors (Lipinski definition) is 3. The highest BCUT2D eigenvalue weighted by Gasteiger charge is 2.20. The molecule has 0 aliphatic heterocycles. The number of methoxy groups -OCH3 is 1. The van der Waals surface area contributed by atoms with Crippen molar-refractivity contribution in [3.63, 3.8) is 0 Å². The lowest BCUT2D eigenvalue weighted by Crippen LogP contribution is -2.26. The van der Waals surface area contributed by atoms with Crippen molar-refractivity contribution in [2.24, 2.45) is 27.2 Å². The third-order valence-electron chi connectivity index (χ3n) is 2.01. The smallest absolute Gasteiger partial charge is 0.340 e. The van der Waals surface area contributed by atoms with Gasteiger partial charge < -0.3 is 21.9 Å². The first-order valence-electron chi connectivity index (χ1n) is 4.97. The number of hydrogen-bond acceptors (Lipinski definition) is 3. The molecule has 0 aliphatic carbocycles. The SMILES string of the molecule is COC(=O)c1c(Br)cc(Cl)c(N=C(N)N=C(N)N)c1Br. The summed E-state index contributed by atoms with van der Waals surface area (Å²) in [6, 6.07) is 1.49. The maximum absolute atomic E-state index is 11.7. The van der Waals surface area contributed by atoms with Gasteiger partial charge >= 0.3 is 5.97 Å². The highest BCUT2D eigenvalue weighted by atomic mass is 79.9. The molecule has 0 fully saturated rings. The van der Waals surface area contributed by atoms with Crippen LogP contribution < -0.4 is 17.2 Å². The minimum atomic E-state index is -0.572. The third kappa shape index (κ3) is 3.84. The first-order chi connectivity index (χ1) is 9.27. The Balaban J connectivity index is 3.49. The van der Waals surface area contributed by atoms with E-state index in [1.807, 2.05) is 0 Å². The number of aliphatic imine (C=N–C) groups is 2. The fourth-order valence-electron chi connectivity index (χ4n) is 1.24. The number of rotatable bonds is 2. The first-order valence-corrected chi connectivity index (χ1v) is 6.94. The highest BCUT2D eigenvalue weighted by Crippen LogP contribution is 2.40. The van der Waals surface area contributed by atoms with Gasteiger partial charge in [0, 0.05) is 4.47 Å². The van der Waals surface area contributed by atoms with Gasteiger partial charge in [0.15, 0.2) is 5.96 Å². The van der Waals surface area contributed by atoms with Crippen LogP contribution in [0.15, 0.2) is 25.0 Å². The molecule has 108 valence electrons. The first kappa shape index (κ1) is 16.7. The molecular formula is C10H10Br2ClN5O2. The molecule has 1 aromatic carbocycles. The molecule has 1 aromatic rings. The zero-order chi connectivity index (χ0) is 15.4. The van der Waals surface area contributed by atoms with E-state index < -0.39 is 5.97 Å². The van der Waals surface area contributed by atoms with Crippen molar-refractivity contribution in [3.05, 3.63) is 25.6 Å². The topological polar surface area (TPSA) is 129 Å². The molecule has 0 aliphatic rings. The van der Waals surface area contributed by atoms with Gasteiger partial charge in [-0.15, -0.1) is 0 Å². The molecule has 0 atom stereocenters. The minimum absolute atomic E-state index is 0.203. The van der Waals surface area contributed by atoms with Crippen molar-refractivity contribution >= 4 is 67.0 Å². The van der Waals surface area contributed by atoms with E-state index in [1.54, 1.807) is 0 Å². The summed E-state index contributed by atoms with van der Waals surface area (Å²) in [6.45, 7) is 0. The van der Waals surface area contributed by atoms with Crippen LogP contribution in [-0.4, -0.2) is 25.0 Å². The zero-order valence-electron chi connectivity index (χ0n) is 10.2. The quantitative estimate of drug-likeness (QED) is 0.377. The van der Waals surface area contributed by atoms with Crippen LogP contribution in [0.1, 0.15) is 10.4 Å². The average molecular weight is 427 g/mol. The summed E-state index contributed by atoms with van der Waals surface area (Å²) in [5.41, 5.74) is 16.3. The van der Waals surface area contributed by atoms with Crippen molar-refractivity contribution < 1.29 is 9.53 Å². The molecule has 0 radical (unpaired) electrons. The standard InChI is InChI=1S/C10H10Br2ClN5O2/c1-20-8(19)5-3(11)2-4(13)7(6(5)12)17-10(16)18-9(14)15/h2H,1H3,(H6,14,15,16,17,18). The number of carbonyl (C=O) groups excluding carboxylic acids is 1. The number of esters is 1. The second-order valence-corrected chi connectivity index (χ2v) is 5.43. The van der Waals surface area contributed by atoms with Gasteiger partial charge in [-0.1, -0.05) is 11.6 Å². The largest absolute Gasteiger partial charge is 0.465 e. The lowest BCUT2D eigenvalue weighted by molar-refractivity contribution is 0.0598. The Morgan fingerprint density at radius 1 is 1.35 bits per heavy atom. The predicted molar refractivity (Wildman–Crippen MR) is 85.3 cm³/mol. The van der Waals surface area contributed by atoms with Crippen LogP contribution in [0.25, 0.3) is 0 Å². The molecule has 1 rings (SSSR count). The van der Waals surface area contributed by atoms with E-state index in [-0.39, 0.29) is 28.2 Å². The summed E-state index contributed by atoms with van der Waals surface area (Å²) in [6.07, 6.45) is 0. The monoisotopic (exact) mass is 425 g/mol. The number of nitrogens with two attached hydrogens (primary N) is 3. The van der Waals surface area contributed by atoms with E-state index in [9.17, 15) is 4.79 Å². The van der Waals surface area contributed by atoms with Crippen LogP contribution in [0.2, 0.25) is 5.02 Å². The Morgan fingerprint density at radius 2 is 1.95 bits per heavy atom. The normalized spacial score (nSPS) is 11.1. The molecule has 6 N–H and O–H groups in total. The molecule has 0 bridgehead atoms. The Kier molecular flexibility index (Phi) is 5.78. The van der Waals surface area contributed by atoms with Crippen molar-refractivity contribution in [3.8, 4) is 0 Å². The molecule has 0 saturated carbocycles. The second-order valence-electron chi connectivity index (χ2n) is 3.38. The summed E-state index contributed by atoms with van der Waals surface area (Å²) in [5, 5.41) is 0.241. The minimum Gasteiger partial charge on any atom is -0.465 e. The van der Waals surface area contributed by atoms with Gasteiger partial charge in [0.2, 0.25) is 5.96 Å². The third-order valence-corrected chi connectivity index (χ3v) is 3.69. The van der Waals surface area contributed by atoms with Crippen LogP contribution in [0.4, 0.5) is 5.69 Å². The number of carbonyl (C=O) groups is 1. The second kappa shape index (κ2) is 6.91. The van der Waals surface area contributed by atoms with Crippen LogP contribution in [0.3, 0.4) is 0 Å². The van der Waals surface area contributed by atoms with Gasteiger partial charge in [0.1, 0.15) is 5.69 Å². The lowest BCUT2D eigenvalue weighted by atomic mass is 10.2. The summed E-state index contributed by atoms with van der Waals surface area (Å²) in [4.78, 5) is 19.2. The van der Waals surface area contributed by atoms with Gasteiger partial charge in [-0.2, -0.15) is 4.99 Å². The molecule has 0 aromatic heterocycles. The van der Waals surface area contributed by atoms with Gasteiger partial charge in [0.05, 0.1) is 22.2 Å². The predicted octanol–water partition coefficient (Wildman–Crippen LogP) is 1.87. The Hall–Kier alpha value is -1.32. The van der Waals surface area contributed by atoms with Gasteiger partial charge in [-0.05, 0) is 37.9 Å². The van der Waals surface area contributed by atoms with Crippen molar-refractivity contribution in [1.82, 2.24) is 0 Å². The molecule has 0 unspecified atom stereocenters. The Morgan fingerprint density at radius 3 is 2.45 bits per heavy atom. The maximum Gasteiger partial charge on any atom is 0.340 e. The maximum atomic E-state index is 11.7. The average Bonchev–Trinajstić information content (AvgIpc) is 2.33. The molecule has 20 heavy (non-hydrogen) atoms. The molecule has 10 heteroatoms. The fourth-order valence-corrected chi connectivity index (χ4v) is 3.27. The fraction of sp³-hybridized carbons (Fsp3) is 0.100. The zero-order valence-corrected chi connectivity index (χ0v) is 14.1. The number of nitrogens with zero attached hydrogens (tertiary/aromatic N) is 2. The Bertz CT molecular complexity index is 614. The molecule has 7 nitrogen and oxygen atoms in total. The summed E-state index contributed by atoms with van der Waals surface area (Å²) >= 11 is 12.5. The van der Waals surface area contributed by atoms with Crippen molar-refractivity contribution in [1.29, 1.82) is 0 Å². The van der Waals surface area contributed by atoms with Gasteiger partial charge in [-0.3, -0.25) is 0 Å². The van der Waals surface area contributed by atoms with E-state index >= 15 is 0 Å². The van der Waals surface area contributed by atoms with Crippen LogP contribution in [-0.2, 0) is 4.74 Å². The number of ether oxygens (including phenoxy) is 1. The van der Waals surface area contributed by atoms with Crippen molar-refractivity contribution in [2.75, 3.05) is 7.11 Å². The van der Waals surface area contributed by atoms with E-state index in [0.29, 0.717) is 8.95 Å². The van der Waals surface area contributed by atoms with E-state index in [2.05, 4.69) is 46.6 Å². The molecular weight excluding hydrogens is 417 g/mol. The molecule has 0 spiro atoms. The van der Waals surface area contributed by atoms with Crippen molar-refractivity contribution in [2.45, 2.75) is 0 Å². The van der Waals surface area contributed by atoms with Crippen LogP contribution >= 0.6 is 43.5 Å². The van der Waals surface area contributed by atoms with Gasteiger partial charge in [0.25, 0.3) is 0 Å². The van der Waals surface area contributed by atoms with E-state index in [4.69, 9.17) is 28.8 Å². The van der Waals surface area contributed by atoms with Crippen LogP contribution in [0.5, 0.6) is 0 Å². The molecule has 0 saturated heterocycles. The van der Waals surface area contributed by atoms with E-state index in [1.165, 1.54) is 13.2 Å². The van der Waals surface area contributed by atoms with Crippen LogP contribution in [0, 0.1) is 0 Å².